The van der Waals surface area contributed by atoms with Crippen molar-refractivity contribution in [1.82, 2.24) is 4.98 Å². The van der Waals surface area contributed by atoms with Crippen molar-refractivity contribution in [2.75, 3.05) is 6.61 Å². The molecule has 3 N–H and O–H groups in total. The Morgan fingerprint density at radius 3 is 2.69 bits per heavy atom. The Kier molecular flexibility index (Phi) is 3.41. The van der Waals surface area contributed by atoms with E-state index in [9.17, 15) is 10.2 Å². The number of aromatic nitrogens is 1. The van der Waals surface area contributed by atoms with Crippen molar-refractivity contribution in [3.05, 3.63) is 29.0 Å². The third-order valence-corrected chi connectivity index (χ3v) is 2.97. The predicted molar refractivity (Wildman–Crippen MR) is 56.0 cm³/mol. The molecule has 1 aliphatic heterocycles. The largest absolute Gasteiger partial charge is 0.394 e. The van der Waals surface area contributed by atoms with Crippen molar-refractivity contribution in [3.63, 3.8) is 0 Å². The van der Waals surface area contributed by atoms with E-state index >= 15 is 0 Å². The van der Waals surface area contributed by atoms with E-state index in [2.05, 4.69) is 4.98 Å². The SMILES string of the molecule is OC[C@H]1O[C@H](c2ccncc2Cl)[C@H](O)[C@@H]1O. The zero-order chi connectivity index (χ0) is 11.7. The van der Waals surface area contributed by atoms with Crippen LogP contribution in [0.2, 0.25) is 5.02 Å². The molecule has 0 unspecified atom stereocenters. The molecule has 0 aliphatic carbocycles. The predicted octanol–water partition coefficient (Wildman–Crippen LogP) is -0.111. The first kappa shape index (κ1) is 11.8. The third-order valence-electron chi connectivity index (χ3n) is 2.65. The normalized spacial score (nSPS) is 34.2. The van der Waals surface area contributed by atoms with Gasteiger partial charge >= 0.3 is 0 Å². The number of aliphatic hydroxyl groups excluding tert-OH is 3. The first-order valence-electron chi connectivity index (χ1n) is 4.87. The molecule has 1 aliphatic rings. The topological polar surface area (TPSA) is 82.8 Å². The molecule has 1 aromatic rings. The van der Waals surface area contributed by atoms with Gasteiger partial charge in [0.25, 0.3) is 0 Å². The van der Waals surface area contributed by atoms with Gasteiger partial charge in [-0.3, -0.25) is 4.98 Å². The van der Waals surface area contributed by atoms with Gasteiger partial charge in [-0.15, -0.1) is 0 Å². The highest BCUT2D eigenvalue weighted by atomic mass is 35.5. The van der Waals surface area contributed by atoms with E-state index in [4.69, 9.17) is 21.4 Å². The quantitative estimate of drug-likeness (QED) is 0.677. The highest BCUT2D eigenvalue weighted by Crippen LogP contribution is 2.36. The Labute approximate surface area is 97.3 Å². The minimum Gasteiger partial charge on any atom is -0.394 e. The lowest BCUT2D eigenvalue weighted by atomic mass is 10.0. The Hall–Kier alpha value is -0.720. The summed E-state index contributed by atoms with van der Waals surface area (Å²) in [5.41, 5.74) is 0.555. The second-order valence-electron chi connectivity index (χ2n) is 3.66. The van der Waals surface area contributed by atoms with Gasteiger partial charge in [-0.25, -0.2) is 0 Å². The number of hydrogen-bond acceptors (Lipinski definition) is 5. The van der Waals surface area contributed by atoms with Gasteiger partial charge in [0.05, 0.1) is 11.6 Å². The van der Waals surface area contributed by atoms with E-state index < -0.39 is 24.4 Å². The van der Waals surface area contributed by atoms with Crippen LogP contribution in [-0.2, 0) is 4.74 Å². The lowest BCUT2D eigenvalue weighted by Crippen LogP contribution is -2.32. The monoisotopic (exact) mass is 245 g/mol. The van der Waals surface area contributed by atoms with Crippen LogP contribution < -0.4 is 0 Å². The molecular weight excluding hydrogens is 234 g/mol. The van der Waals surface area contributed by atoms with E-state index in [-0.39, 0.29) is 6.61 Å². The van der Waals surface area contributed by atoms with E-state index in [0.29, 0.717) is 10.6 Å². The number of nitrogens with zero attached hydrogens (tertiary/aromatic N) is 1. The van der Waals surface area contributed by atoms with Gasteiger partial charge in [0, 0.05) is 18.0 Å². The van der Waals surface area contributed by atoms with Gasteiger partial charge in [-0.05, 0) is 6.07 Å². The molecule has 88 valence electrons. The van der Waals surface area contributed by atoms with E-state index in [1.54, 1.807) is 6.07 Å². The van der Waals surface area contributed by atoms with Crippen LogP contribution in [0.5, 0.6) is 0 Å². The molecule has 0 radical (unpaired) electrons. The minimum absolute atomic E-state index is 0.350. The molecule has 6 heteroatoms. The van der Waals surface area contributed by atoms with Crippen LogP contribution in [-0.4, -0.2) is 45.2 Å². The maximum atomic E-state index is 9.77. The first-order chi connectivity index (χ1) is 7.65. The number of ether oxygens (including phenoxy) is 1. The molecule has 0 amide bonds. The minimum atomic E-state index is -1.11. The average molecular weight is 246 g/mol. The molecule has 2 rings (SSSR count). The highest BCUT2D eigenvalue weighted by Gasteiger charge is 2.43. The molecule has 0 saturated carbocycles. The van der Waals surface area contributed by atoms with Gasteiger partial charge in [-0.1, -0.05) is 11.6 Å². The standard InChI is InChI=1S/C10H12ClNO4/c11-6-3-12-2-1-5(6)10-9(15)8(14)7(4-13)16-10/h1-3,7-10,13-15H,4H2/t7-,8-,9-,10-/m1/s1. The summed E-state index contributed by atoms with van der Waals surface area (Å²) < 4.78 is 5.34. The molecule has 5 nitrogen and oxygen atoms in total. The number of halogens is 1. The summed E-state index contributed by atoms with van der Waals surface area (Å²) in [4.78, 5) is 3.82. The van der Waals surface area contributed by atoms with Gasteiger partial charge in [0.2, 0.25) is 0 Å². The van der Waals surface area contributed by atoms with Gasteiger partial charge in [-0.2, -0.15) is 0 Å². The fourth-order valence-corrected chi connectivity index (χ4v) is 2.00. The first-order valence-corrected chi connectivity index (χ1v) is 5.24. The second kappa shape index (κ2) is 4.65. The van der Waals surface area contributed by atoms with Crippen LogP contribution in [0, 0.1) is 0 Å². The van der Waals surface area contributed by atoms with E-state index in [1.165, 1.54) is 12.4 Å². The molecule has 1 saturated heterocycles. The molecule has 0 aromatic carbocycles. The van der Waals surface area contributed by atoms with Crippen LogP contribution in [0.1, 0.15) is 11.7 Å². The van der Waals surface area contributed by atoms with Crippen LogP contribution in [0.4, 0.5) is 0 Å². The third kappa shape index (κ3) is 1.92. The Bertz CT molecular complexity index is 376. The molecule has 1 fully saturated rings. The van der Waals surface area contributed by atoms with Crippen molar-refractivity contribution in [1.29, 1.82) is 0 Å². The number of rotatable bonds is 2. The summed E-state index contributed by atoms with van der Waals surface area (Å²) in [6, 6.07) is 1.61. The Balaban J connectivity index is 2.26. The molecule has 0 spiro atoms. The lowest BCUT2D eigenvalue weighted by molar-refractivity contribution is -0.0227. The average Bonchev–Trinajstić information content (AvgIpc) is 2.57. The van der Waals surface area contributed by atoms with Crippen molar-refractivity contribution in [3.8, 4) is 0 Å². The number of hydrogen-bond donors (Lipinski definition) is 3. The summed E-state index contributed by atoms with van der Waals surface area (Å²) in [7, 11) is 0. The fraction of sp³-hybridized carbons (Fsp3) is 0.500. The van der Waals surface area contributed by atoms with Crippen molar-refractivity contribution in [2.45, 2.75) is 24.4 Å². The zero-order valence-corrected chi connectivity index (χ0v) is 9.08. The van der Waals surface area contributed by atoms with E-state index in [0.717, 1.165) is 0 Å². The fourth-order valence-electron chi connectivity index (χ4n) is 1.77. The summed E-state index contributed by atoms with van der Waals surface area (Å²) in [5, 5.41) is 28.7. The maximum Gasteiger partial charge on any atom is 0.113 e. The zero-order valence-electron chi connectivity index (χ0n) is 8.32. The molecular formula is C10H12ClNO4. The molecule has 16 heavy (non-hydrogen) atoms. The Morgan fingerprint density at radius 2 is 2.12 bits per heavy atom. The van der Waals surface area contributed by atoms with Crippen LogP contribution in [0.3, 0.4) is 0 Å². The van der Waals surface area contributed by atoms with Crippen LogP contribution >= 0.6 is 11.6 Å². The maximum absolute atomic E-state index is 9.77. The smallest absolute Gasteiger partial charge is 0.113 e. The summed E-state index contributed by atoms with van der Waals surface area (Å²) >= 11 is 5.91. The highest BCUT2D eigenvalue weighted by molar-refractivity contribution is 6.31. The second-order valence-corrected chi connectivity index (χ2v) is 4.06. The Morgan fingerprint density at radius 1 is 1.38 bits per heavy atom. The lowest BCUT2D eigenvalue weighted by Gasteiger charge is -2.15. The van der Waals surface area contributed by atoms with Crippen LogP contribution in [0.25, 0.3) is 0 Å². The molecule has 1 aromatic heterocycles. The summed E-state index contributed by atoms with van der Waals surface area (Å²) in [6.07, 6.45) is -0.773. The summed E-state index contributed by atoms with van der Waals surface area (Å²) in [5.74, 6) is 0. The summed E-state index contributed by atoms with van der Waals surface area (Å²) in [6.45, 7) is -0.350. The molecule has 4 atom stereocenters. The number of pyridine rings is 1. The van der Waals surface area contributed by atoms with Gasteiger partial charge in [0.15, 0.2) is 0 Å². The van der Waals surface area contributed by atoms with Crippen LogP contribution in [0.15, 0.2) is 18.5 Å². The number of aliphatic hydroxyl groups is 3. The van der Waals surface area contributed by atoms with Gasteiger partial charge < -0.3 is 20.1 Å². The molecule has 2 heterocycles. The van der Waals surface area contributed by atoms with E-state index in [1.807, 2.05) is 0 Å². The van der Waals surface area contributed by atoms with Crippen molar-refractivity contribution < 1.29 is 20.1 Å². The van der Waals surface area contributed by atoms with Gasteiger partial charge in [0.1, 0.15) is 24.4 Å². The van der Waals surface area contributed by atoms with Crippen molar-refractivity contribution in [2.24, 2.45) is 0 Å². The molecule has 0 bridgehead atoms. The van der Waals surface area contributed by atoms with Crippen molar-refractivity contribution >= 4 is 11.6 Å².